The summed E-state index contributed by atoms with van der Waals surface area (Å²) in [6.07, 6.45) is 98.5. The Balaban J connectivity index is 4.35. The van der Waals surface area contributed by atoms with E-state index in [1.165, 1.54) is 103 Å². The Morgan fingerprint density at radius 2 is 0.476 bits per heavy atom. The Kier molecular flexibility index (Phi) is 64.8. The van der Waals surface area contributed by atoms with Crippen LogP contribution in [0.3, 0.4) is 0 Å². The molecule has 0 aliphatic rings. The van der Waals surface area contributed by atoms with Gasteiger partial charge in [-0.15, -0.1) is 0 Å². The lowest BCUT2D eigenvalue weighted by atomic mass is 10.0. The highest BCUT2D eigenvalue weighted by Crippen LogP contribution is 2.16. The zero-order valence-electron chi connectivity index (χ0n) is 53.2. The van der Waals surface area contributed by atoms with Gasteiger partial charge < -0.3 is 14.2 Å². The minimum absolute atomic E-state index is 0.0879. The lowest BCUT2D eigenvalue weighted by molar-refractivity contribution is -0.167. The Bertz CT molecular complexity index is 1780. The third-order valence-electron chi connectivity index (χ3n) is 14.1. The fraction of sp³-hybridized carbons (Fsp3) is 0.645. The molecule has 1 unspecified atom stereocenters. The van der Waals surface area contributed by atoms with Crippen LogP contribution >= 0.6 is 0 Å². The molecule has 0 aromatic heterocycles. The fourth-order valence-electron chi connectivity index (χ4n) is 9.10. The summed E-state index contributed by atoms with van der Waals surface area (Å²) in [5, 5.41) is 0. The predicted molar refractivity (Wildman–Crippen MR) is 357 cm³/mol. The number of rotatable bonds is 60. The number of hydrogen-bond acceptors (Lipinski definition) is 6. The Morgan fingerprint density at radius 3 is 0.744 bits per heavy atom. The SMILES string of the molecule is CC/C=C\C/C=C\C/C=C\C/C=C\C/C=C\C/C=C\C/C=C\C/C=C\CCCCCCCCC(=O)OCC(COC(=O)CCCCCCCCCCCCCC)OC(=O)CCCCCCCCCC/C=C\C/C=C\C/C=C\C/C=C\CC. The smallest absolute Gasteiger partial charge is 0.306 e. The Morgan fingerprint density at radius 1 is 0.256 bits per heavy atom. The van der Waals surface area contributed by atoms with Crippen LogP contribution in [0.25, 0.3) is 0 Å². The fourth-order valence-corrected chi connectivity index (χ4v) is 9.10. The van der Waals surface area contributed by atoms with E-state index in [-0.39, 0.29) is 31.1 Å². The molecule has 0 aliphatic heterocycles. The summed E-state index contributed by atoms with van der Waals surface area (Å²) in [6, 6.07) is 0. The van der Waals surface area contributed by atoms with Gasteiger partial charge in [-0.25, -0.2) is 0 Å². The van der Waals surface area contributed by atoms with E-state index in [4.69, 9.17) is 14.2 Å². The summed E-state index contributed by atoms with van der Waals surface area (Å²) in [7, 11) is 0. The van der Waals surface area contributed by atoms with E-state index in [9.17, 15) is 14.4 Å². The predicted octanol–water partition coefficient (Wildman–Crippen LogP) is 23.5. The molecule has 0 N–H and O–H groups in total. The number of unbranched alkanes of at least 4 members (excludes halogenated alkanes) is 25. The van der Waals surface area contributed by atoms with Crippen LogP contribution < -0.4 is 0 Å². The maximum atomic E-state index is 12.9. The minimum atomic E-state index is -0.794. The molecule has 0 spiro atoms. The van der Waals surface area contributed by atoms with Crippen LogP contribution in [0.15, 0.2) is 146 Å². The topological polar surface area (TPSA) is 78.9 Å². The molecule has 0 aliphatic carbocycles. The van der Waals surface area contributed by atoms with Crippen LogP contribution in [0.1, 0.15) is 297 Å². The van der Waals surface area contributed by atoms with Crippen molar-refractivity contribution >= 4 is 17.9 Å². The second-order valence-corrected chi connectivity index (χ2v) is 22.0. The molecule has 464 valence electrons. The molecule has 0 bridgehead atoms. The van der Waals surface area contributed by atoms with E-state index >= 15 is 0 Å². The van der Waals surface area contributed by atoms with Crippen molar-refractivity contribution in [2.45, 2.75) is 303 Å². The quantitative estimate of drug-likeness (QED) is 0.0261. The maximum absolute atomic E-state index is 12.9. The molecular formula is C76H124O6. The molecule has 82 heavy (non-hydrogen) atoms. The van der Waals surface area contributed by atoms with Crippen LogP contribution in [0.2, 0.25) is 0 Å². The molecule has 0 saturated heterocycles. The summed E-state index contributed by atoms with van der Waals surface area (Å²) < 4.78 is 16.9. The van der Waals surface area contributed by atoms with Crippen molar-refractivity contribution in [1.82, 2.24) is 0 Å². The summed E-state index contributed by atoms with van der Waals surface area (Å²) >= 11 is 0. The van der Waals surface area contributed by atoms with Crippen molar-refractivity contribution in [2.75, 3.05) is 13.2 Å². The normalized spacial score (nSPS) is 13.1. The Hall–Kier alpha value is -4.71. The first kappa shape index (κ1) is 77.3. The molecular weight excluding hydrogens is 1010 g/mol. The third-order valence-corrected chi connectivity index (χ3v) is 14.1. The summed E-state index contributed by atoms with van der Waals surface area (Å²) in [5.74, 6) is -0.908. The molecule has 6 nitrogen and oxygen atoms in total. The molecule has 0 aromatic carbocycles. The first-order chi connectivity index (χ1) is 40.5. The van der Waals surface area contributed by atoms with Crippen LogP contribution in [0.5, 0.6) is 0 Å². The zero-order valence-corrected chi connectivity index (χ0v) is 53.2. The van der Waals surface area contributed by atoms with E-state index in [0.717, 1.165) is 154 Å². The highest BCUT2D eigenvalue weighted by molar-refractivity contribution is 5.71. The van der Waals surface area contributed by atoms with E-state index in [2.05, 4.69) is 167 Å². The lowest BCUT2D eigenvalue weighted by Gasteiger charge is -2.18. The van der Waals surface area contributed by atoms with Crippen LogP contribution in [-0.4, -0.2) is 37.2 Å². The number of carbonyl (C=O) groups is 3. The summed E-state index contributed by atoms with van der Waals surface area (Å²) in [5.41, 5.74) is 0. The molecule has 0 aromatic rings. The second-order valence-electron chi connectivity index (χ2n) is 22.0. The molecule has 0 fully saturated rings. The van der Waals surface area contributed by atoms with E-state index < -0.39 is 6.10 Å². The van der Waals surface area contributed by atoms with E-state index in [0.29, 0.717) is 19.3 Å². The van der Waals surface area contributed by atoms with E-state index in [1.54, 1.807) is 0 Å². The largest absolute Gasteiger partial charge is 0.462 e. The van der Waals surface area contributed by atoms with Gasteiger partial charge in [-0.05, 0) is 122 Å². The van der Waals surface area contributed by atoms with Crippen molar-refractivity contribution in [1.29, 1.82) is 0 Å². The van der Waals surface area contributed by atoms with Gasteiger partial charge in [0.2, 0.25) is 0 Å². The number of ether oxygens (including phenoxy) is 3. The van der Waals surface area contributed by atoms with Crippen molar-refractivity contribution in [2.24, 2.45) is 0 Å². The van der Waals surface area contributed by atoms with E-state index in [1.807, 2.05) is 0 Å². The standard InChI is InChI=1S/C76H124O6/c1-4-7-10-13-16-19-22-25-27-29-31-33-34-35-36-37-38-39-40-41-42-44-45-47-49-51-54-57-60-63-66-69-75(78)81-72-73(71-80-74(77)68-65-62-59-56-53-24-21-18-15-12-9-6-3)82-76(79)70-67-64-61-58-55-52-50-48-46-43-32-30-28-26-23-20-17-14-11-8-5-2/h7-8,10-11,16-17,19-20,25-28,31-33,35-36,38-39,41-43,45,47,73H,4-6,9,12-15,18,21-24,29-30,34,37,40,44,46,48-72H2,1-3H3/b10-7-,11-8-,19-16-,20-17-,27-25-,28-26-,33-31-,36-35-,39-38-,42-41-,43-32-,47-45-. The average molecular weight is 1130 g/mol. The van der Waals surface area contributed by atoms with Gasteiger partial charge in [-0.3, -0.25) is 14.4 Å². The van der Waals surface area contributed by atoms with Gasteiger partial charge in [0.05, 0.1) is 0 Å². The van der Waals surface area contributed by atoms with Gasteiger partial charge in [0.1, 0.15) is 13.2 Å². The Labute approximate surface area is 506 Å². The maximum Gasteiger partial charge on any atom is 0.306 e. The first-order valence-corrected chi connectivity index (χ1v) is 33.8. The summed E-state index contributed by atoms with van der Waals surface area (Å²) in [4.78, 5) is 38.4. The number of allylic oxidation sites excluding steroid dienone is 24. The van der Waals surface area contributed by atoms with Crippen molar-refractivity contribution in [3.8, 4) is 0 Å². The highest BCUT2D eigenvalue weighted by atomic mass is 16.6. The highest BCUT2D eigenvalue weighted by Gasteiger charge is 2.19. The van der Waals surface area contributed by atoms with Gasteiger partial charge in [0, 0.05) is 19.3 Å². The van der Waals surface area contributed by atoms with Crippen molar-refractivity contribution < 1.29 is 28.6 Å². The van der Waals surface area contributed by atoms with Gasteiger partial charge >= 0.3 is 17.9 Å². The van der Waals surface area contributed by atoms with Gasteiger partial charge in [0.25, 0.3) is 0 Å². The second kappa shape index (κ2) is 68.8. The van der Waals surface area contributed by atoms with Crippen LogP contribution in [0, 0.1) is 0 Å². The zero-order chi connectivity index (χ0) is 59.2. The van der Waals surface area contributed by atoms with Crippen molar-refractivity contribution in [3.05, 3.63) is 146 Å². The van der Waals surface area contributed by atoms with Gasteiger partial charge in [0.15, 0.2) is 6.10 Å². The molecule has 0 rings (SSSR count). The van der Waals surface area contributed by atoms with Crippen LogP contribution in [-0.2, 0) is 28.6 Å². The number of esters is 3. The molecule has 0 heterocycles. The number of carbonyl (C=O) groups excluding carboxylic acids is 3. The molecule has 0 saturated carbocycles. The van der Waals surface area contributed by atoms with Gasteiger partial charge in [-0.1, -0.05) is 301 Å². The molecule has 0 amide bonds. The molecule has 1 atom stereocenters. The lowest BCUT2D eigenvalue weighted by Crippen LogP contribution is -2.30. The monoisotopic (exact) mass is 1130 g/mol. The third kappa shape index (κ3) is 66.1. The first-order valence-electron chi connectivity index (χ1n) is 33.8. The molecule has 0 radical (unpaired) electrons. The van der Waals surface area contributed by atoms with Gasteiger partial charge in [-0.2, -0.15) is 0 Å². The summed E-state index contributed by atoms with van der Waals surface area (Å²) in [6.45, 7) is 6.40. The average Bonchev–Trinajstić information content (AvgIpc) is 3.47. The van der Waals surface area contributed by atoms with Crippen LogP contribution in [0.4, 0.5) is 0 Å². The minimum Gasteiger partial charge on any atom is -0.462 e. The van der Waals surface area contributed by atoms with Crippen molar-refractivity contribution in [3.63, 3.8) is 0 Å². The molecule has 6 heteroatoms. The number of hydrogen-bond donors (Lipinski definition) is 0.